The SMILES string of the molecule is CC/C=C(\SCC)c1ccc(C)s1. The standard InChI is InChI=1S/C11H16S2/c1-4-6-10(12-5-2)11-8-7-9(3)13-11/h6-8H,4-5H2,1-3H3/b10-6-. The minimum absolute atomic E-state index is 1.12. The molecule has 2 heteroatoms. The van der Waals surface area contributed by atoms with E-state index in [0.29, 0.717) is 0 Å². The zero-order valence-corrected chi connectivity index (χ0v) is 10.1. The van der Waals surface area contributed by atoms with Gasteiger partial charge in [0, 0.05) is 14.7 Å². The van der Waals surface area contributed by atoms with Crippen LogP contribution in [-0.4, -0.2) is 5.75 Å². The van der Waals surface area contributed by atoms with Gasteiger partial charge in [0.15, 0.2) is 0 Å². The average molecular weight is 212 g/mol. The fourth-order valence-corrected chi connectivity index (χ4v) is 3.05. The maximum Gasteiger partial charge on any atom is 0.0405 e. The molecule has 0 aliphatic carbocycles. The summed E-state index contributed by atoms with van der Waals surface area (Å²) in [7, 11) is 0. The van der Waals surface area contributed by atoms with E-state index in [1.54, 1.807) is 0 Å². The molecule has 0 aliphatic rings. The summed E-state index contributed by atoms with van der Waals surface area (Å²) < 4.78 is 0. The fourth-order valence-electron chi connectivity index (χ4n) is 1.14. The Labute approximate surface area is 89.1 Å². The number of hydrogen-bond donors (Lipinski definition) is 0. The van der Waals surface area contributed by atoms with E-state index in [1.807, 2.05) is 23.1 Å². The van der Waals surface area contributed by atoms with Gasteiger partial charge in [0.2, 0.25) is 0 Å². The Balaban J connectivity index is 2.82. The topological polar surface area (TPSA) is 0 Å². The van der Waals surface area contributed by atoms with Crippen LogP contribution in [0.15, 0.2) is 18.2 Å². The Hall–Kier alpha value is -0.210. The molecule has 1 aromatic heterocycles. The van der Waals surface area contributed by atoms with E-state index in [0.717, 1.165) is 12.2 Å². The van der Waals surface area contributed by atoms with Crippen LogP contribution in [0.5, 0.6) is 0 Å². The highest BCUT2D eigenvalue weighted by Gasteiger charge is 2.02. The molecule has 0 radical (unpaired) electrons. The van der Waals surface area contributed by atoms with Gasteiger partial charge in [-0.1, -0.05) is 19.9 Å². The molecule has 0 amide bonds. The van der Waals surface area contributed by atoms with Crippen LogP contribution < -0.4 is 0 Å². The van der Waals surface area contributed by atoms with Crippen molar-refractivity contribution in [2.45, 2.75) is 27.2 Å². The second-order valence-electron chi connectivity index (χ2n) is 2.82. The lowest BCUT2D eigenvalue weighted by molar-refractivity contribution is 1.23. The van der Waals surface area contributed by atoms with Crippen LogP contribution in [0.25, 0.3) is 4.91 Å². The third-order valence-corrected chi connectivity index (χ3v) is 3.82. The summed E-state index contributed by atoms with van der Waals surface area (Å²) in [6.45, 7) is 6.56. The second-order valence-corrected chi connectivity index (χ2v) is 5.41. The Bertz CT molecular complexity index is 284. The van der Waals surface area contributed by atoms with E-state index in [9.17, 15) is 0 Å². The van der Waals surface area contributed by atoms with Crippen molar-refractivity contribution in [2.24, 2.45) is 0 Å². The molecular weight excluding hydrogens is 196 g/mol. The minimum atomic E-state index is 1.12. The van der Waals surface area contributed by atoms with Crippen molar-refractivity contribution in [1.82, 2.24) is 0 Å². The number of hydrogen-bond acceptors (Lipinski definition) is 2. The van der Waals surface area contributed by atoms with E-state index in [1.165, 1.54) is 14.7 Å². The summed E-state index contributed by atoms with van der Waals surface area (Å²) in [5.74, 6) is 1.16. The first-order valence-corrected chi connectivity index (χ1v) is 6.47. The smallest absolute Gasteiger partial charge is 0.0405 e. The average Bonchev–Trinajstić information content (AvgIpc) is 2.51. The molecule has 1 rings (SSSR count). The van der Waals surface area contributed by atoms with Gasteiger partial charge in [0.25, 0.3) is 0 Å². The molecule has 0 saturated carbocycles. The highest BCUT2D eigenvalue weighted by Crippen LogP contribution is 2.32. The van der Waals surface area contributed by atoms with Crippen LogP contribution in [-0.2, 0) is 0 Å². The van der Waals surface area contributed by atoms with Crippen LogP contribution in [0, 0.1) is 6.92 Å². The molecule has 0 fully saturated rings. The molecule has 0 nitrogen and oxygen atoms in total. The first-order valence-electron chi connectivity index (χ1n) is 4.67. The molecule has 0 aliphatic heterocycles. The molecule has 0 spiro atoms. The van der Waals surface area contributed by atoms with Gasteiger partial charge in [-0.3, -0.25) is 0 Å². The van der Waals surface area contributed by atoms with Crippen LogP contribution in [0.3, 0.4) is 0 Å². The lowest BCUT2D eigenvalue weighted by Crippen LogP contribution is -1.74. The lowest BCUT2D eigenvalue weighted by Gasteiger charge is -2.01. The van der Waals surface area contributed by atoms with E-state index in [-0.39, 0.29) is 0 Å². The first kappa shape index (κ1) is 10.9. The van der Waals surface area contributed by atoms with Crippen LogP contribution in [0.4, 0.5) is 0 Å². The predicted molar refractivity (Wildman–Crippen MR) is 65.5 cm³/mol. The molecule has 0 aromatic carbocycles. The van der Waals surface area contributed by atoms with Crippen molar-refractivity contribution in [3.8, 4) is 0 Å². The maximum absolute atomic E-state index is 2.32. The van der Waals surface area contributed by atoms with Gasteiger partial charge < -0.3 is 0 Å². The summed E-state index contributed by atoms with van der Waals surface area (Å²) in [6, 6.07) is 4.42. The fraction of sp³-hybridized carbons (Fsp3) is 0.455. The molecule has 0 atom stereocenters. The Morgan fingerprint density at radius 2 is 2.23 bits per heavy atom. The van der Waals surface area contributed by atoms with E-state index in [2.05, 4.69) is 39.0 Å². The van der Waals surface area contributed by atoms with Crippen molar-refractivity contribution in [3.05, 3.63) is 28.0 Å². The Kier molecular flexibility index (Phi) is 4.60. The largest absolute Gasteiger partial charge is 0.140 e. The summed E-state index contributed by atoms with van der Waals surface area (Å²) in [6.07, 6.45) is 3.44. The van der Waals surface area contributed by atoms with Crippen molar-refractivity contribution >= 4 is 28.0 Å². The van der Waals surface area contributed by atoms with E-state index in [4.69, 9.17) is 0 Å². The first-order chi connectivity index (χ1) is 6.27. The minimum Gasteiger partial charge on any atom is -0.140 e. The summed E-state index contributed by atoms with van der Waals surface area (Å²) >= 11 is 3.83. The van der Waals surface area contributed by atoms with Gasteiger partial charge in [-0.25, -0.2) is 0 Å². The van der Waals surface area contributed by atoms with Crippen molar-refractivity contribution in [1.29, 1.82) is 0 Å². The van der Waals surface area contributed by atoms with E-state index >= 15 is 0 Å². The molecule has 0 unspecified atom stereocenters. The third-order valence-electron chi connectivity index (χ3n) is 1.67. The summed E-state index contributed by atoms with van der Waals surface area (Å²) in [5, 5.41) is 0. The number of aryl methyl sites for hydroxylation is 1. The summed E-state index contributed by atoms with van der Waals surface area (Å²) in [5.41, 5.74) is 0. The molecule has 13 heavy (non-hydrogen) atoms. The normalized spacial score (nSPS) is 12.1. The van der Waals surface area contributed by atoms with E-state index < -0.39 is 0 Å². The second kappa shape index (κ2) is 5.51. The number of allylic oxidation sites excluding steroid dienone is 1. The monoisotopic (exact) mass is 212 g/mol. The Morgan fingerprint density at radius 1 is 1.46 bits per heavy atom. The highest BCUT2D eigenvalue weighted by atomic mass is 32.2. The molecular formula is C11H16S2. The van der Waals surface area contributed by atoms with Crippen LogP contribution in [0.2, 0.25) is 0 Å². The number of rotatable bonds is 4. The van der Waals surface area contributed by atoms with Gasteiger partial charge in [-0.05, 0) is 31.2 Å². The third kappa shape index (κ3) is 3.20. The van der Waals surface area contributed by atoms with Gasteiger partial charge >= 0.3 is 0 Å². The van der Waals surface area contributed by atoms with Gasteiger partial charge in [-0.15, -0.1) is 23.1 Å². The molecule has 72 valence electrons. The quantitative estimate of drug-likeness (QED) is 0.705. The van der Waals surface area contributed by atoms with Crippen molar-refractivity contribution < 1.29 is 0 Å². The van der Waals surface area contributed by atoms with Gasteiger partial charge in [-0.2, -0.15) is 0 Å². The molecule has 0 saturated heterocycles. The van der Waals surface area contributed by atoms with Crippen molar-refractivity contribution in [2.75, 3.05) is 5.75 Å². The Morgan fingerprint density at radius 3 is 2.69 bits per heavy atom. The highest BCUT2D eigenvalue weighted by molar-refractivity contribution is 8.08. The summed E-state index contributed by atoms with van der Waals surface area (Å²) in [4.78, 5) is 4.27. The molecule has 0 bridgehead atoms. The molecule has 0 N–H and O–H groups in total. The maximum atomic E-state index is 2.32. The molecule has 1 heterocycles. The predicted octanol–water partition coefficient (Wildman–Crippen LogP) is 4.56. The van der Waals surface area contributed by atoms with Crippen LogP contribution >= 0.6 is 23.1 Å². The lowest BCUT2D eigenvalue weighted by atomic mass is 10.3. The van der Waals surface area contributed by atoms with Gasteiger partial charge in [0.05, 0.1) is 0 Å². The number of thiophene rings is 1. The zero-order valence-electron chi connectivity index (χ0n) is 8.46. The number of thioether (sulfide) groups is 1. The molecule has 1 aromatic rings. The van der Waals surface area contributed by atoms with Crippen LogP contribution in [0.1, 0.15) is 30.0 Å². The van der Waals surface area contributed by atoms with Crippen molar-refractivity contribution in [3.63, 3.8) is 0 Å². The zero-order chi connectivity index (χ0) is 9.68. The van der Waals surface area contributed by atoms with Gasteiger partial charge in [0.1, 0.15) is 0 Å².